The molecule has 0 aliphatic carbocycles. The molecular formula is C24H35N5O4S. The van der Waals surface area contributed by atoms with E-state index in [1.165, 1.54) is 6.42 Å². The monoisotopic (exact) mass is 489 g/mol. The van der Waals surface area contributed by atoms with E-state index in [0.717, 1.165) is 81.1 Å². The van der Waals surface area contributed by atoms with Crippen molar-refractivity contribution in [1.29, 1.82) is 0 Å². The lowest BCUT2D eigenvalue weighted by molar-refractivity contribution is 0.133. The molecule has 0 radical (unpaired) electrons. The van der Waals surface area contributed by atoms with Crippen LogP contribution >= 0.6 is 11.8 Å². The van der Waals surface area contributed by atoms with Crippen LogP contribution in [0.25, 0.3) is 0 Å². The number of fused-ring (bicyclic) bond motifs is 1. The Balaban J connectivity index is 0.000000162. The topological polar surface area (TPSA) is 93.1 Å². The summed E-state index contributed by atoms with van der Waals surface area (Å²) in [4.78, 5) is 18.5. The van der Waals surface area contributed by atoms with Crippen molar-refractivity contribution >= 4 is 23.4 Å². The molecule has 186 valence electrons. The second kappa shape index (κ2) is 12.0. The van der Waals surface area contributed by atoms with Gasteiger partial charge in [-0.15, -0.1) is 11.8 Å². The first-order chi connectivity index (χ1) is 16.7. The fourth-order valence-electron chi connectivity index (χ4n) is 4.70. The lowest BCUT2D eigenvalue weighted by Gasteiger charge is -2.39. The third kappa shape index (κ3) is 5.73. The summed E-state index contributed by atoms with van der Waals surface area (Å²) < 4.78 is 16.3. The van der Waals surface area contributed by atoms with E-state index in [1.54, 1.807) is 31.3 Å². The smallest absolute Gasteiger partial charge is 0.175 e. The fourth-order valence-corrected chi connectivity index (χ4v) is 5.23. The van der Waals surface area contributed by atoms with E-state index in [0.29, 0.717) is 17.7 Å². The van der Waals surface area contributed by atoms with Gasteiger partial charge in [0.05, 0.1) is 31.3 Å². The van der Waals surface area contributed by atoms with E-state index in [2.05, 4.69) is 24.8 Å². The largest absolute Gasteiger partial charge is 0.487 e. The van der Waals surface area contributed by atoms with Crippen molar-refractivity contribution in [3.63, 3.8) is 0 Å². The Morgan fingerprint density at radius 1 is 1.06 bits per heavy atom. The third-order valence-corrected chi connectivity index (χ3v) is 7.51. The molecule has 1 spiro atoms. The first-order valence-electron chi connectivity index (χ1n) is 11.8. The van der Waals surface area contributed by atoms with Gasteiger partial charge in [0.2, 0.25) is 0 Å². The van der Waals surface area contributed by atoms with Gasteiger partial charge in [0.1, 0.15) is 12.3 Å². The van der Waals surface area contributed by atoms with Crippen LogP contribution in [0.1, 0.15) is 25.0 Å². The molecule has 0 amide bonds. The third-order valence-electron chi connectivity index (χ3n) is 6.75. The number of aliphatic hydroxyl groups is 1. The van der Waals surface area contributed by atoms with Crippen molar-refractivity contribution < 1.29 is 19.3 Å². The summed E-state index contributed by atoms with van der Waals surface area (Å²) >= 11 is 1.69. The number of piperidine rings is 1. The zero-order chi connectivity index (χ0) is 23.8. The van der Waals surface area contributed by atoms with Crippen molar-refractivity contribution in [1.82, 2.24) is 15.0 Å². The molecule has 10 heteroatoms. The number of aromatic nitrogens is 3. The zero-order valence-electron chi connectivity index (χ0n) is 20.1. The summed E-state index contributed by atoms with van der Waals surface area (Å²) in [6.07, 6.45) is 10.7. The first kappa shape index (κ1) is 25.0. The number of hydrogen-bond donors (Lipinski definition) is 1. The molecule has 1 N–H and O–H groups in total. The molecule has 3 aliphatic heterocycles. The lowest BCUT2D eigenvalue weighted by Crippen LogP contribution is -2.41. The van der Waals surface area contributed by atoms with Gasteiger partial charge in [0, 0.05) is 51.9 Å². The number of pyridine rings is 1. The van der Waals surface area contributed by atoms with Crippen LogP contribution in [-0.4, -0.2) is 86.0 Å². The predicted octanol–water partition coefficient (Wildman–Crippen LogP) is 2.62. The van der Waals surface area contributed by atoms with Gasteiger partial charge < -0.3 is 29.1 Å². The van der Waals surface area contributed by atoms with Gasteiger partial charge in [-0.3, -0.25) is 4.98 Å². The van der Waals surface area contributed by atoms with Crippen LogP contribution in [0.5, 0.6) is 5.75 Å². The number of thioether (sulfide) groups is 1. The normalized spacial score (nSPS) is 18.8. The summed E-state index contributed by atoms with van der Waals surface area (Å²) in [5.41, 5.74) is 1.08. The maximum atomic E-state index is 9.30. The highest BCUT2D eigenvalue weighted by Gasteiger charge is 2.38. The van der Waals surface area contributed by atoms with Gasteiger partial charge in [-0.2, -0.15) is 0 Å². The average Bonchev–Trinajstić information content (AvgIpc) is 3.35. The van der Waals surface area contributed by atoms with Crippen LogP contribution in [0.3, 0.4) is 0 Å². The fraction of sp³-hybridized carbons (Fsp3) is 0.625. The molecule has 0 atom stereocenters. The van der Waals surface area contributed by atoms with Gasteiger partial charge in [-0.1, -0.05) is 0 Å². The molecule has 0 bridgehead atoms. The molecule has 2 aromatic rings. The molecule has 0 unspecified atom stereocenters. The number of anilines is 2. The summed E-state index contributed by atoms with van der Waals surface area (Å²) in [6, 6.07) is 1.99. The highest BCUT2D eigenvalue weighted by atomic mass is 32.2. The van der Waals surface area contributed by atoms with Crippen LogP contribution in [0.2, 0.25) is 0 Å². The Morgan fingerprint density at radius 2 is 1.85 bits per heavy atom. The Bertz CT molecular complexity index is 918. The Labute approximate surface area is 205 Å². The Kier molecular flexibility index (Phi) is 8.82. The van der Waals surface area contributed by atoms with E-state index in [4.69, 9.17) is 14.2 Å². The summed E-state index contributed by atoms with van der Waals surface area (Å²) in [5.74, 6) is 2.70. The van der Waals surface area contributed by atoms with Gasteiger partial charge in [0.25, 0.3) is 0 Å². The average molecular weight is 490 g/mol. The van der Waals surface area contributed by atoms with Crippen LogP contribution in [0.15, 0.2) is 29.6 Å². The molecule has 2 fully saturated rings. The maximum absolute atomic E-state index is 9.30. The van der Waals surface area contributed by atoms with E-state index in [1.807, 2.05) is 18.5 Å². The lowest BCUT2D eigenvalue weighted by atomic mass is 9.78. The summed E-state index contributed by atoms with van der Waals surface area (Å²) in [7, 11) is 1.72. The molecular weight excluding hydrogens is 454 g/mol. The van der Waals surface area contributed by atoms with Crippen LogP contribution in [0.4, 0.5) is 11.6 Å². The molecule has 0 aromatic carbocycles. The molecule has 5 rings (SSSR count). The minimum absolute atomic E-state index is 0.0477. The highest BCUT2D eigenvalue weighted by Crippen LogP contribution is 2.40. The highest BCUT2D eigenvalue weighted by molar-refractivity contribution is 7.98. The van der Waals surface area contributed by atoms with Crippen molar-refractivity contribution in [3.05, 3.63) is 30.4 Å². The standard InChI is InChI=1S/C13H19N3O2.C11H16N2O2S/c17-9-11-12(15-5-4-14-11)16-6-1-13(2-7-16)3-8-18-10-13;1-14-7-5-13-6-8-15-10-9(16-2)3-4-12-11(10)13/h4-5,17H,1-3,6-10H2;3-4H,5-8H2,1-2H3. The molecule has 2 saturated heterocycles. The van der Waals surface area contributed by atoms with Crippen molar-refractivity contribution in [2.24, 2.45) is 5.41 Å². The van der Waals surface area contributed by atoms with Gasteiger partial charge in [0.15, 0.2) is 17.4 Å². The number of aliphatic hydroxyl groups excluding tert-OH is 1. The van der Waals surface area contributed by atoms with E-state index >= 15 is 0 Å². The molecule has 34 heavy (non-hydrogen) atoms. The zero-order valence-corrected chi connectivity index (χ0v) is 20.9. The predicted molar refractivity (Wildman–Crippen MR) is 133 cm³/mol. The number of nitrogens with zero attached hydrogens (tertiary/aromatic N) is 5. The minimum atomic E-state index is -0.0477. The second-order valence-corrected chi connectivity index (χ2v) is 9.62. The quantitative estimate of drug-likeness (QED) is 0.611. The molecule has 0 saturated carbocycles. The Hall–Kier alpha value is -2.14. The van der Waals surface area contributed by atoms with E-state index < -0.39 is 0 Å². The molecule has 3 aliphatic rings. The van der Waals surface area contributed by atoms with Gasteiger partial charge in [-0.05, 0) is 37.0 Å². The van der Waals surface area contributed by atoms with Crippen molar-refractivity contribution in [2.75, 3.05) is 75.8 Å². The molecule has 9 nitrogen and oxygen atoms in total. The number of methoxy groups -OCH3 is 1. The molecule has 2 aromatic heterocycles. The van der Waals surface area contributed by atoms with Crippen molar-refractivity contribution in [2.45, 2.75) is 30.8 Å². The first-order valence-corrected chi connectivity index (χ1v) is 13.1. The number of hydrogen-bond acceptors (Lipinski definition) is 10. The number of rotatable bonds is 6. The number of ether oxygens (including phenoxy) is 3. The van der Waals surface area contributed by atoms with Crippen LogP contribution < -0.4 is 14.5 Å². The Morgan fingerprint density at radius 3 is 2.56 bits per heavy atom. The summed E-state index contributed by atoms with van der Waals surface area (Å²) in [6.45, 7) is 6.90. The van der Waals surface area contributed by atoms with Crippen LogP contribution in [0, 0.1) is 5.41 Å². The van der Waals surface area contributed by atoms with E-state index in [-0.39, 0.29) is 6.61 Å². The second-order valence-electron chi connectivity index (χ2n) is 8.77. The maximum Gasteiger partial charge on any atom is 0.175 e. The van der Waals surface area contributed by atoms with E-state index in [9.17, 15) is 5.11 Å². The molecule has 5 heterocycles. The SMILES string of the molecule is COCCN1CCOc2c(SC)ccnc21.OCc1nccnc1N1CCC2(CCOC2)CC1. The van der Waals surface area contributed by atoms with Crippen LogP contribution in [-0.2, 0) is 16.1 Å². The van der Waals surface area contributed by atoms with Crippen molar-refractivity contribution in [3.8, 4) is 5.75 Å². The van der Waals surface area contributed by atoms with Gasteiger partial charge in [-0.25, -0.2) is 9.97 Å². The van der Waals surface area contributed by atoms with Gasteiger partial charge >= 0.3 is 0 Å². The minimum Gasteiger partial charge on any atom is -0.487 e. The summed E-state index contributed by atoms with van der Waals surface area (Å²) in [5, 5.41) is 9.30.